The molecule has 0 saturated heterocycles. The number of rotatable bonds is 1. The lowest BCUT2D eigenvalue weighted by atomic mass is 9.93. The van der Waals surface area contributed by atoms with Crippen LogP contribution in [0.4, 0.5) is 0 Å². The highest BCUT2D eigenvalue weighted by molar-refractivity contribution is 5.07. The van der Waals surface area contributed by atoms with Gasteiger partial charge in [-0.05, 0) is 46.5 Å². The first-order valence-electron chi connectivity index (χ1n) is 5.83. The molecule has 1 fully saturated rings. The van der Waals surface area contributed by atoms with Crippen LogP contribution in [0.2, 0.25) is 0 Å². The fraction of sp³-hybridized carbons (Fsp3) is 0.917. The first-order valence-corrected chi connectivity index (χ1v) is 5.83. The Kier molecular flexibility index (Phi) is 3.84. The number of hydrogen-bond donors (Lipinski definition) is 0. The summed E-state index contributed by atoms with van der Waals surface area (Å²) in [5, 5.41) is 17.9. The fourth-order valence-electron chi connectivity index (χ4n) is 1.79. The molecule has 0 amide bonds. The maximum atomic E-state index is 9.26. The van der Waals surface area contributed by atoms with E-state index in [1.165, 1.54) is 12.8 Å². The van der Waals surface area contributed by atoms with E-state index in [2.05, 4.69) is 16.3 Å². The lowest BCUT2D eigenvalue weighted by Gasteiger charge is -2.20. The van der Waals surface area contributed by atoms with Crippen LogP contribution in [0.5, 0.6) is 0 Å². The van der Waals surface area contributed by atoms with Crippen LogP contribution < -0.4 is 0 Å². The van der Waals surface area contributed by atoms with E-state index in [9.17, 15) is 5.26 Å². The Balaban J connectivity index is 2.76. The van der Waals surface area contributed by atoms with Crippen LogP contribution in [0.3, 0.4) is 0 Å². The maximum absolute atomic E-state index is 9.26. The molecule has 1 saturated carbocycles. The van der Waals surface area contributed by atoms with Crippen molar-refractivity contribution in [1.82, 2.24) is 0 Å². The third kappa shape index (κ3) is 3.99. The van der Waals surface area contributed by atoms with Gasteiger partial charge >= 0.3 is 0 Å². The Labute approximate surface area is 92.6 Å². The van der Waals surface area contributed by atoms with E-state index < -0.39 is 5.54 Å². The van der Waals surface area contributed by atoms with Crippen LogP contribution in [0, 0.1) is 11.3 Å². The van der Waals surface area contributed by atoms with Crippen molar-refractivity contribution < 1.29 is 0 Å². The first kappa shape index (κ1) is 12.2. The van der Waals surface area contributed by atoms with Gasteiger partial charge in [0.25, 0.3) is 0 Å². The molecule has 15 heavy (non-hydrogen) atoms. The summed E-state index contributed by atoms with van der Waals surface area (Å²) < 4.78 is 0. The van der Waals surface area contributed by atoms with Crippen molar-refractivity contribution in [3.05, 3.63) is 0 Å². The van der Waals surface area contributed by atoms with E-state index >= 15 is 0 Å². The van der Waals surface area contributed by atoms with Gasteiger partial charge in [0.05, 0.1) is 11.6 Å². The SMILES string of the molecule is CC(C)(C)N=NC1(C#N)CCCCCC1. The van der Waals surface area contributed by atoms with Gasteiger partial charge < -0.3 is 0 Å². The van der Waals surface area contributed by atoms with Crippen molar-refractivity contribution in [3.8, 4) is 6.07 Å². The molecule has 0 unspecified atom stereocenters. The average molecular weight is 207 g/mol. The number of nitrogens with zero attached hydrogens (tertiary/aromatic N) is 3. The highest BCUT2D eigenvalue weighted by atomic mass is 15.2. The highest BCUT2D eigenvalue weighted by Gasteiger charge is 2.31. The molecular formula is C12H21N3. The fourth-order valence-corrected chi connectivity index (χ4v) is 1.79. The summed E-state index contributed by atoms with van der Waals surface area (Å²) in [5.41, 5.74) is -0.695. The number of hydrogen-bond acceptors (Lipinski definition) is 3. The lowest BCUT2D eigenvalue weighted by molar-refractivity contribution is 0.415. The third-order valence-electron chi connectivity index (χ3n) is 2.68. The molecule has 0 N–H and O–H groups in total. The molecule has 84 valence electrons. The first-order chi connectivity index (χ1) is 6.97. The van der Waals surface area contributed by atoms with E-state index in [1.807, 2.05) is 20.8 Å². The Morgan fingerprint density at radius 1 is 1.07 bits per heavy atom. The second-order valence-electron chi connectivity index (χ2n) is 5.43. The highest BCUT2D eigenvalue weighted by Crippen LogP contribution is 2.31. The van der Waals surface area contributed by atoms with Gasteiger partial charge in [-0.15, -0.1) is 0 Å². The molecular weight excluding hydrogens is 186 g/mol. The second kappa shape index (κ2) is 4.74. The molecule has 3 heteroatoms. The molecule has 0 aromatic rings. The van der Waals surface area contributed by atoms with Crippen LogP contribution in [-0.2, 0) is 0 Å². The molecule has 0 heterocycles. The Morgan fingerprint density at radius 3 is 2.00 bits per heavy atom. The minimum Gasteiger partial charge on any atom is -0.196 e. The standard InChI is InChI=1S/C12H21N3/c1-11(2,3)14-15-12(10-13)8-6-4-5-7-9-12/h4-9H2,1-3H3. The number of azo groups is 1. The molecule has 0 aliphatic heterocycles. The predicted molar refractivity (Wildman–Crippen MR) is 60.7 cm³/mol. The van der Waals surface area contributed by atoms with Gasteiger partial charge in [0.15, 0.2) is 5.54 Å². The summed E-state index contributed by atoms with van der Waals surface area (Å²) in [4.78, 5) is 0. The summed E-state index contributed by atoms with van der Waals surface area (Å²) in [6, 6.07) is 2.37. The van der Waals surface area contributed by atoms with Crippen LogP contribution >= 0.6 is 0 Å². The zero-order chi connectivity index (χ0) is 11.4. The molecule has 1 aliphatic carbocycles. The summed E-state index contributed by atoms with van der Waals surface area (Å²) in [6.07, 6.45) is 6.43. The van der Waals surface area contributed by atoms with Gasteiger partial charge in [-0.1, -0.05) is 12.8 Å². The minimum atomic E-state index is -0.524. The van der Waals surface area contributed by atoms with Crippen molar-refractivity contribution in [2.75, 3.05) is 0 Å². The Bertz CT molecular complexity index is 260. The van der Waals surface area contributed by atoms with Crippen LogP contribution in [0.1, 0.15) is 59.3 Å². The predicted octanol–water partition coefficient (Wildman–Crippen LogP) is 3.85. The second-order valence-corrected chi connectivity index (χ2v) is 5.43. The van der Waals surface area contributed by atoms with Crippen molar-refractivity contribution in [2.45, 2.75) is 70.4 Å². The summed E-state index contributed by atoms with van der Waals surface area (Å²) >= 11 is 0. The van der Waals surface area contributed by atoms with Gasteiger partial charge in [0.2, 0.25) is 0 Å². The monoisotopic (exact) mass is 207 g/mol. The summed E-state index contributed by atoms with van der Waals surface area (Å²) in [5.74, 6) is 0. The van der Waals surface area contributed by atoms with Crippen molar-refractivity contribution in [3.63, 3.8) is 0 Å². The van der Waals surface area contributed by atoms with Crippen LogP contribution in [0.25, 0.3) is 0 Å². The average Bonchev–Trinajstić information content (AvgIpc) is 2.40. The van der Waals surface area contributed by atoms with Gasteiger partial charge in [-0.25, -0.2) is 0 Å². The zero-order valence-electron chi connectivity index (χ0n) is 10.1. The van der Waals surface area contributed by atoms with Gasteiger partial charge in [-0.3, -0.25) is 0 Å². The van der Waals surface area contributed by atoms with Crippen molar-refractivity contribution in [1.29, 1.82) is 5.26 Å². The minimum absolute atomic E-state index is 0.170. The van der Waals surface area contributed by atoms with Gasteiger partial charge in [0, 0.05) is 0 Å². The van der Waals surface area contributed by atoms with E-state index in [0.717, 1.165) is 25.7 Å². The Morgan fingerprint density at radius 2 is 1.60 bits per heavy atom. The van der Waals surface area contributed by atoms with Crippen molar-refractivity contribution in [2.24, 2.45) is 10.2 Å². The zero-order valence-corrected chi connectivity index (χ0v) is 10.1. The quantitative estimate of drug-likeness (QED) is 0.476. The van der Waals surface area contributed by atoms with Crippen LogP contribution in [0.15, 0.2) is 10.2 Å². The van der Waals surface area contributed by atoms with Gasteiger partial charge in [0.1, 0.15) is 0 Å². The van der Waals surface area contributed by atoms with E-state index in [0.29, 0.717) is 0 Å². The Hall–Kier alpha value is -0.910. The van der Waals surface area contributed by atoms with E-state index in [4.69, 9.17) is 0 Å². The molecule has 0 atom stereocenters. The third-order valence-corrected chi connectivity index (χ3v) is 2.68. The maximum Gasteiger partial charge on any atom is 0.167 e. The smallest absolute Gasteiger partial charge is 0.167 e. The summed E-state index contributed by atoms with van der Waals surface area (Å²) in [7, 11) is 0. The summed E-state index contributed by atoms with van der Waals surface area (Å²) in [6.45, 7) is 6.04. The molecule has 1 rings (SSSR count). The van der Waals surface area contributed by atoms with E-state index in [-0.39, 0.29) is 5.54 Å². The molecule has 0 aromatic heterocycles. The topological polar surface area (TPSA) is 48.5 Å². The molecule has 0 radical (unpaired) electrons. The van der Waals surface area contributed by atoms with E-state index in [1.54, 1.807) is 0 Å². The van der Waals surface area contributed by atoms with Crippen LogP contribution in [-0.4, -0.2) is 11.1 Å². The molecule has 0 bridgehead atoms. The largest absolute Gasteiger partial charge is 0.196 e. The molecule has 1 aliphatic rings. The molecule has 0 aromatic carbocycles. The number of nitriles is 1. The molecule has 3 nitrogen and oxygen atoms in total. The van der Waals surface area contributed by atoms with Gasteiger partial charge in [-0.2, -0.15) is 15.5 Å². The van der Waals surface area contributed by atoms with Crippen molar-refractivity contribution >= 4 is 0 Å². The molecule has 0 spiro atoms. The normalized spacial score (nSPS) is 22.3. The lowest BCUT2D eigenvalue weighted by Crippen LogP contribution is -2.24.